The van der Waals surface area contributed by atoms with Crippen molar-refractivity contribution in [3.63, 3.8) is 0 Å². The summed E-state index contributed by atoms with van der Waals surface area (Å²) in [5, 5.41) is 24.3. The van der Waals surface area contributed by atoms with Gasteiger partial charge in [0.1, 0.15) is 40.7 Å². The predicted octanol–water partition coefficient (Wildman–Crippen LogP) is 8.25. The number of aromatic nitrogens is 5. The predicted molar refractivity (Wildman–Crippen MR) is 190 cm³/mol. The Hall–Kier alpha value is -3.79. The van der Waals surface area contributed by atoms with Crippen LogP contribution in [0.15, 0.2) is 40.6 Å². The third kappa shape index (κ3) is 7.69. The minimum atomic E-state index is -1.01. The number of benzene rings is 1. The number of halogens is 2. The second-order valence-electron chi connectivity index (χ2n) is 15.0. The lowest BCUT2D eigenvalue weighted by atomic mass is 9.59. The number of aromatic amines is 1. The molecule has 11 nitrogen and oxygen atoms in total. The lowest BCUT2D eigenvalue weighted by Crippen LogP contribution is -2.49. The third-order valence-corrected chi connectivity index (χ3v) is 10.9. The molecule has 1 fully saturated rings. The minimum absolute atomic E-state index is 0.0330. The maximum atomic E-state index is 14.5. The molecular formula is C35H41Cl2N7O4S. The van der Waals surface area contributed by atoms with Crippen LogP contribution in [-0.4, -0.2) is 61.3 Å². The Morgan fingerprint density at radius 3 is 2.33 bits per heavy atom. The number of nitrogens with one attached hydrogen (secondary N) is 1. The van der Waals surface area contributed by atoms with Crippen molar-refractivity contribution in [2.45, 2.75) is 77.6 Å². The molecule has 1 aliphatic rings. The molecule has 1 saturated carbocycles. The number of H-pyrrole nitrogens is 1. The summed E-state index contributed by atoms with van der Waals surface area (Å²) < 4.78 is 8.11. The number of hydrogen-bond donors (Lipinski definition) is 2. The van der Waals surface area contributed by atoms with Crippen molar-refractivity contribution in [1.29, 1.82) is 5.26 Å². The molecule has 4 aromatic rings. The second kappa shape index (κ2) is 13.8. The average molecular weight is 727 g/mol. The Labute approximate surface area is 300 Å². The van der Waals surface area contributed by atoms with Crippen LogP contribution in [-0.2, 0) is 9.53 Å². The molecular weight excluding hydrogens is 685 g/mol. The van der Waals surface area contributed by atoms with Crippen molar-refractivity contribution in [3.05, 3.63) is 51.6 Å². The molecule has 260 valence electrons. The van der Waals surface area contributed by atoms with Crippen molar-refractivity contribution in [2.24, 2.45) is 28.6 Å². The van der Waals surface area contributed by atoms with Crippen molar-refractivity contribution in [1.82, 2.24) is 24.6 Å². The van der Waals surface area contributed by atoms with Crippen LogP contribution in [0.4, 0.5) is 5.82 Å². The van der Waals surface area contributed by atoms with Crippen molar-refractivity contribution >= 4 is 58.4 Å². The Balaban J connectivity index is 1.65. The average Bonchev–Trinajstić information content (AvgIpc) is 3.55. The van der Waals surface area contributed by atoms with Crippen LogP contribution in [0, 0.1) is 39.9 Å². The van der Waals surface area contributed by atoms with Gasteiger partial charge in [-0.3, -0.25) is 9.89 Å². The van der Waals surface area contributed by atoms with E-state index in [4.69, 9.17) is 32.9 Å². The van der Waals surface area contributed by atoms with Gasteiger partial charge in [0.25, 0.3) is 0 Å². The van der Waals surface area contributed by atoms with E-state index in [1.807, 2.05) is 0 Å². The summed E-state index contributed by atoms with van der Waals surface area (Å²) in [4.78, 5) is 41.0. The molecule has 0 spiro atoms. The Bertz CT molecular complexity index is 1910. The highest BCUT2D eigenvalue weighted by Gasteiger charge is 2.48. The number of ether oxygens (including phenoxy) is 1. The van der Waals surface area contributed by atoms with Crippen LogP contribution in [0.25, 0.3) is 17.0 Å². The van der Waals surface area contributed by atoms with E-state index in [0.717, 1.165) is 24.6 Å². The van der Waals surface area contributed by atoms with Gasteiger partial charge < -0.3 is 14.7 Å². The van der Waals surface area contributed by atoms with E-state index in [1.165, 1.54) is 11.1 Å². The normalized spacial score (nSPS) is 19.9. The number of nitriles is 1. The molecule has 2 unspecified atom stereocenters. The first-order valence-corrected chi connectivity index (χ1v) is 17.6. The highest BCUT2D eigenvalue weighted by molar-refractivity contribution is 7.99. The fraction of sp³-hybridized carbons (Fsp3) is 0.486. The molecule has 14 heteroatoms. The first-order valence-electron chi connectivity index (χ1n) is 16.0. The summed E-state index contributed by atoms with van der Waals surface area (Å²) in [6, 6.07) is 8.88. The molecule has 3 heterocycles. The van der Waals surface area contributed by atoms with Crippen LogP contribution in [0.3, 0.4) is 0 Å². The number of esters is 1. The Morgan fingerprint density at radius 2 is 1.76 bits per heavy atom. The monoisotopic (exact) mass is 725 g/mol. The highest BCUT2D eigenvalue weighted by atomic mass is 35.5. The zero-order valence-electron chi connectivity index (χ0n) is 28.8. The topological polar surface area (TPSA) is 150 Å². The highest BCUT2D eigenvalue weighted by Crippen LogP contribution is 2.50. The zero-order valence-corrected chi connectivity index (χ0v) is 31.2. The van der Waals surface area contributed by atoms with Gasteiger partial charge in [0.15, 0.2) is 16.6 Å². The first kappa shape index (κ1) is 36.5. The smallest absolute Gasteiger partial charge is 0.343 e. The van der Waals surface area contributed by atoms with Crippen LogP contribution in [0.1, 0.15) is 77.2 Å². The van der Waals surface area contributed by atoms with E-state index in [1.54, 1.807) is 35.8 Å². The number of anilines is 1. The van der Waals surface area contributed by atoms with Gasteiger partial charge in [-0.15, -0.1) is 0 Å². The third-order valence-electron chi connectivity index (χ3n) is 9.19. The number of carboxylic acid groups (broad SMARTS) is 1. The zero-order chi connectivity index (χ0) is 36.0. The van der Waals surface area contributed by atoms with Crippen LogP contribution < -0.4 is 4.90 Å². The number of carbonyl (C=O) groups is 2. The quantitative estimate of drug-likeness (QED) is 0.134. The largest absolute Gasteiger partial charge is 0.480 e. The number of hydrogen-bond acceptors (Lipinski definition) is 9. The van der Waals surface area contributed by atoms with Gasteiger partial charge in [0.2, 0.25) is 0 Å². The molecule has 5 rings (SSSR count). The Kier molecular flexibility index (Phi) is 10.3. The van der Waals surface area contributed by atoms with Gasteiger partial charge in [-0.25, -0.2) is 24.3 Å². The van der Waals surface area contributed by atoms with Crippen molar-refractivity contribution in [2.75, 3.05) is 18.5 Å². The molecule has 0 saturated heterocycles. The van der Waals surface area contributed by atoms with Crippen LogP contribution >= 0.6 is 35.0 Å². The number of likely N-dealkylation sites (N-methyl/N-ethyl adjacent to an activating group) is 1. The number of fused-ring (bicyclic) bond motifs is 1. The lowest BCUT2D eigenvalue weighted by molar-refractivity contribution is -0.135. The number of carboxylic acids is 1. The van der Waals surface area contributed by atoms with Gasteiger partial charge in [0, 0.05) is 30.6 Å². The van der Waals surface area contributed by atoms with E-state index < -0.39 is 11.9 Å². The summed E-state index contributed by atoms with van der Waals surface area (Å²) in [7, 11) is 1.61. The SMILES string of the molecule is CC1CC(C(C)(C)C)C(OC(=O)c2c(C#N)c(Sc3nccc(N(C)CC(=O)O)n3)n3[nH]c(-c4ccc(Cl)c(Cl)c4)nc23)C(C(C)(C)C)C1. The molecule has 0 radical (unpaired) electrons. The standard InChI is InChI=1S/C35H41Cl2N7O4S/c1-18-13-21(34(2,3)4)28(22(14-18)35(5,6)7)48-32(47)27-20(16-38)31(49-33-39-12-11-25(40-33)43(8)17-26(45)46)44-30(27)41-29(42-44)19-9-10-23(36)24(37)15-19/h9-12,15,18,21-22,28H,13-14,17H2,1-8H3,(H,41,42)(H,45,46). The van der Waals surface area contributed by atoms with Gasteiger partial charge in [-0.05, 0) is 65.6 Å². The summed E-state index contributed by atoms with van der Waals surface area (Å²) in [6.07, 6.45) is 2.95. The van der Waals surface area contributed by atoms with Crippen LogP contribution in [0.2, 0.25) is 10.0 Å². The second-order valence-corrected chi connectivity index (χ2v) is 16.7. The van der Waals surface area contributed by atoms with Gasteiger partial charge in [0.05, 0.1) is 10.0 Å². The summed E-state index contributed by atoms with van der Waals surface area (Å²) in [5.41, 5.74) is 0.635. The summed E-state index contributed by atoms with van der Waals surface area (Å²) in [6.45, 7) is 15.1. The molecule has 1 aliphatic carbocycles. The summed E-state index contributed by atoms with van der Waals surface area (Å²) >= 11 is 13.6. The Morgan fingerprint density at radius 1 is 1.10 bits per heavy atom. The van der Waals surface area contributed by atoms with Crippen molar-refractivity contribution in [3.8, 4) is 17.5 Å². The van der Waals surface area contributed by atoms with Gasteiger partial charge in [-0.1, -0.05) is 71.7 Å². The lowest BCUT2D eigenvalue weighted by Gasteiger charge is -2.50. The molecule has 2 atom stereocenters. The molecule has 3 aromatic heterocycles. The molecule has 2 N–H and O–H groups in total. The number of carbonyl (C=O) groups excluding carboxylic acids is 1. The van der Waals surface area contributed by atoms with Crippen LogP contribution in [0.5, 0.6) is 0 Å². The first-order chi connectivity index (χ1) is 22.9. The van der Waals surface area contributed by atoms with Gasteiger partial charge in [-0.2, -0.15) is 5.26 Å². The number of rotatable bonds is 8. The summed E-state index contributed by atoms with van der Waals surface area (Å²) in [5.74, 6) is -0.240. The molecule has 0 aliphatic heterocycles. The van der Waals surface area contributed by atoms with E-state index in [0.29, 0.717) is 38.2 Å². The number of nitrogens with zero attached hydrogens (tertiary/aromatic N) is 6. The maximum absolute atomic E-state index is 14.5. The fourth-order valence-electron chi connectivity index (χ4n) is 6.67. The van der Waals surface area contributed by atoms with E-state index in [-0.39, 0.29) is 57.2 Å². The van der Waals surface area contributed by atoms with E-state index >= 15 is 0 Å². The molecule has 0 amide bonds. The fourth-order valence-corrected chi connectivity index (χ4v) is 7.86. The molecule has 0 bridgehead atoms. The number of aliphatic carboxylic acids is 1. The molecule has 1 aromatic carbocycles. The van der Waals surface area contributed by atoms with Gasteiger partial charge >= 0.3 is 11.9 Å². The maximum Gasteiger partial charge on any atom is 0.343 e. The van der Waals surface area contributed by atoms with E-state index in [2.05, 4.69) is 69.6 Å². The van der Waals surface area contributed by atoms with Crippen molar-refractivity contribution < 1.29 is 19.4 Å². The molecule has 49 heavy (non-hydrogen) atoms. The van der Waals surface area contributed by atoms with E-state index in [9.17, 15) is 20.0 Å². The minimum Gasteiger partial charge on any atom is -0.480 e.